The molecule has 2 N–H and O–H groups in total. The maximum atomic E-state index is 13.2. The molecule has 166 valence electrons. The van der Waals surface area contributed by atoms with Crippen LogP contribution in [0.3, 0.4) is 0 Å². The number of phenolic OH excluding ortho intramolecular Hbond substituents is 1. The Morgan fingerprint density at radius 3 is 2.36 bits per heavy atom. The first-order chi connectivity index (χ1) is 15.9. The van der Waals surface area contributed by atoms with Crippen LogP contribution < -0.4 is 19.7 Å². The Labute approximate surface area is 208 Å². The maximum absolute atomic E-state index is 13.2. The van der Waals surface area contributed by atoms with E-state index in [1.165, 1.54) is 24.2 Å². The van der Waals surface area contributed by atoms with Crippen molar-refractivity contribution in [2.24, 2.45) is 0 Å². The fourth-order valence-corrected chi connectivity index (χ4v) is 4.09. The van der Waals surface area contributed by atoms with Gasteiger partial charge in [0.05, 0.1) is 16.4 Å². The number of thiocarbonyl (C=S) groups is 1. The Hall–Kier alpha value is -3.44. The Balaban J connectivity index is 1.63. The Kier molecular flexibility index (Phi) is 6.61. The molecule has 1 saturated heterocycles. The van der Waals surface area contributed by atoms with Crippen molar-refractivity contribution in [2.45, 2.75) is 0 Å². The van der Waals surface area contributed by atoms with E-state index in [0.29, 0.717) is 26.3 Å². The summed E-state index contributed by atoms with van der Waals surface area (Å²) in [6.45, 7) is 0. The largest absolute Gasteiger partial charge is 0.504 e. The second-order valence-electron chi connectivity index (χ2n) is 6.92. The lowest BCUT2D eigenvalue weighted by molar-refractivity contribution is -0.122. The van der Waals surface area contributed by atoms with Crippen molar-refractivity contribution in [1.82, 2.24) is 5.32 Å². The SMILES string of the molecule is COc1cc(/C=C2\C(=O)NC(=S)N(c3ccc(Oc4ccccc4)cc3)C2=O)cc(I)c1O. The lowest BCUT2D eigenvalue weighted by Gasteiger charge is -2.29. The molecule has 0 bridgehead atoms. The van der Waals surface area contributed by atoms with Crippen molar-refractivity contribution in [3.8, 4) is 23.0 Å². The lowest BCUT2D eigenvalue weighted by atomic mass is 10.1. The predicted molar refractivity (Wildman–Crippen MR) is 137 cm³/mol. The molecular formula is C24H17IN2O5S. The number of carbonyl (C=O) groups is 2. The molecule has 2 amide bonds. The van der Waals surface area contributed by atoms with Gasteiger partial charge in [-0.3, -0.25) is 19.8 Å². The number of anilines is 1. The van der Waals surface area contributed by atoms with Gasteiger partial charge < -0.3 is 14.6 Å². The topological polar surface area (TPSA) is 88.1 Å². The van der Waals surface area contributed by atoms with Gasteiger partial charge in [-0.25, -0.2) is 0 Å². The van der Waals surface area contributed by atoms with Crippen LogP contribution in [0.15, 0.2) is 72.3 Å². The van der Waals surface area contributed by atoms with Crippen LogP contribution in [0, 0.1) is 3.57 Å². The molecule has 0 radical (unpaired) electrons. The summed E-state index contributed by atoms with van der Waals surface area (Å²) in [5.41, 5.74) is 0.901. The molecule has 1 aliphatic heterocycles. The number of carbonyl (C=O) groups excluding carboxylic acids is 2. The first-order valence-electron chi connectivity index (χ1n) is 9.68. The number of nitrogens with one attached hydrogen (secondary N) is 1. The number of benzene rings is 3. The summed E-state index contributed by atoms with van der Waals surface area (Å²) in [5, 5.41) is 12.6. The van der Waals surface area contributed by atoms with Gasteiger partial charge in [-0.2, -0.15) is 0 Å². The fourth-order valence-electron chi connectivity index (χ4n) is 3.18. The molecule has 9 heteroatoms. The normalized spacial score (nSPS) is 14.9. The van der Waals surface area contributed by atoms with Crippen molar-refractivity contribution in [1.29, 1.82) is 0 Å². The summed E-state index contributed by atoms with van der Waals surface area (Å²) >= 11 is 7.20. The van der Waals surface area contributed by atoms with Gasteiger partial charge >= 0.3 is 0 Å². The molecule has 0 saturated carbocycles. The molecule has 1 aliphatic rings. The number of aromatic hydroxyl groups is 1. The van der Waals surface area contributed by atoms with E-state index in [1.807, 2.05) is 52.9 Å². The van der Waals surface area contributed by atoms with Crippen LogP contribution in [0.4, 0.5) is 5.69 Å². The number of ether oxygens (including phenoxy) is 2. The van der Waals surface area contributed by atoms with E-state index in [1.54, 1.807) is 30.3 Å². The summed E-state index contributed by atoms with van der Waals surface area (Å²) in [4.78, 5) is 27.0. The van der Waals surface area contributed by atoms with Gasteiger partial charge in [0.2, 0.25) is 0 Å². The number of rotatable bonds is 5. The molecule has 0 aliphatic carbocycles. The molecule has 0 spiro atoms. The van der Waals surface area contributed by atoms with Gasteiger partial charge in [0, 0.05) is 0 Å². The van der Waals surface area contributed by atoms with Gasteiger partial charge in [-0.05, 0) is 95.0 Å². The summed E-state index contributed by atoms with van der Waals surface area (Å²) in [7, 11) is 1.42. The molecule has 3 aromatic carbocycles. The molecule has 0 atom stereocenters. The zero-order valence-corrected chi connectivity index (χ0v) is 20.2. The smallest absolute Gasteiger partial charge is 0.270 e. The highest BCUT2D eigenvalue weighted by Crippen LogP contribution is 2.34. The highest BCUT2D eigenvalue weighted by Gasteiger charge is 2.34. The van der Waals surface area contributed by atoms with Gasteiger partial charge in [0.15, 0.2) is 16.6 Å². The molecular weight excluding hydrogens is 555 g/mol. The minimum atomic E-state index is -0.604. The van der Waals surface area contributed by atoms with E-state index in [-0.39, 0.29) is 22.2 Å². The predicted octanol–water partition coefficient (Wildman–Crippen LogP) is 4.63. The van der Waals surface area contributed by atoms with E-state index < -0.39 is 11.8 Å². The van der Waals surface area contributed by atoms with Crippen molar-refractivity contribution in [3.05, 3.63) is 81.4 Å². The summed E-state index contributed by atoms with van der Waals surface area (Å²) in [6, 6.07) is 19.3. The van der Waals surface area contributed by atoms with Gasteiger partial charge in [0.25, 0.3) is 11.8 Å². The highest BCUT2D eigenvalue weighted by atomic mass is 127. The van der Waals surface area contributed by atoms with Crippen molar-refractivity contribution in [2.75, 3.05) is 12.0 Å². The quantitative estimate of drug-likeness (QED) is 0.201. The van der Waals surface area contributed by atoms with Crippen LogP contribution in [-0.2, 0) is 9.59 Å². The summed E-state index contributed by atoms with van der Waals surface area (Å²) in [5.74, 6) is 0.325. The third kappa shape index (κ3) is 4.83. The molecule has 33 heavy (non-hydrogen) atoms. The molecule has 0 aromatic heterocycles. The van der Waals surface area contributed by atoms with E-state index in [4.69, 9.17) is 21.7 Å². The zero-order valence-electron chi connectivity index (χ0n) is 17.2. The number of hydrogen-bond donors (Lipinski definition) is 2. The first kappa shape index (κ1) is 22.7. The van der Waals surface area contributed by atoms with Crippen molar-refractivity contribution >= 4 is 63.5 Å². The molecule has 7 nitrogen and oxygen atoms in total. The maximum Gasteiger partial charge on any atom is 0.270 e. The van der Waals surface area contributed by atoms with E-state index >= 15 is 0 Å². The zero-order chi connectivity index (χ0) is 23.5. The minimum absolute atomic E-state index is 0.0136. The first-order valence-corrected chi connectivity index (χ1v) is 11.2. The van der Waals surface area contributed by atoms with Crippen LogP contribution >= 0.6 is 34.8 Å². The molecule has 1 heterocycles. The molecule has 0 unspecified atom stereocenters. The Bertz CT molecular complexity index is 1280. The number of methoxy groups -OCH3 is 1. The minimum Gasteiger partial charge on any atom is -0.504 e. The van der Waals surface area contributed by atoms with Crippen LogP contribution in [-0.4, -0.2) is 29.1 Å². The van der Waals surface area contributed by atoms with E-state index in [2.05, 4.69) is 5.32 Å². The number of para-hydroxylation sites is 1. The average Bonchev–Trinajstić information content (AvgIpc) is 2.80. The van der Waals surface area contributed by atoms with Crippen molar-refractivity contribution < 1.29 is 24.2 Å². The molecule has 3 aromatic rings. The second-order valence-corrected chi connectivity index (χ2v) is 8.47. The summed E-state index contributed by atoms with van der Waals surface area (Å²) < 4.78 is 11.5. The second kappa shape index (κ2) is 9.59. The van der Waals surface area contributed by atoms with Gasteiger partial charge in [-0.15, -0.1) is 0 Å². The van der Waals surface area contributed by atoms with Crippen molar-refractivity contribution in [3.63, 3.8) is 0 Å². The standard InChI is InChI=1S/C24H17IN2O5S/c1-31-20-13-14(12-19(25)21(20)28)11-18-22(29)26-24(33)27(23(18)30)15-7-9-17(10-8-15)32-16-5-3-2-4-6-16/h2-13,28H,1H3,(H,26,29,33)/b18-11+. The highest BCUT2D eigenvalue weighted by molar-refractivity contribution is 14.1. The van der Waals surface area contributed by atoms with Gasteiger partial charge in [0.1, 0.15) is 17.1 Å². The number of halogens is 1. The third-order valence-electron chi connectivity index (χ3n) is 4.76. The fraction of sp³-hybridized carbons (Fsp3) is 0.0417. The van der Waals surface area contributed by atoms with Crippen LogP contribution in [0.5, 0.6) is 23.0 Å². The van der Waals surface area contributed by atoms with Gasteiger partial charge in [-0.1, -0.05) is 18.2 Å². The van der Waals surface area contributed by atoms with Crippen LogP contribution in [0.2, 0.25) is 0 Å². The third-order valence-corrected chi connectivity index (χ3v) is 5.86. The molecule has 4 rings (SSSR count). The van der Waals surface area contributed by atoms with Crippen LogP contribution in [0.25, 0.3) is 6.08 Å². The molecule has 1 fully saturated rings. The van der Waals surface area contributed by atoms with Crippen LogP contribution in [0.1, 0.15) is 5.56 Å². The van der Waals surface area contributed by atoms with E-state index in [0.717, 1.165) is 0 Å². The van der Waals surface area contributed by atoms with E-state index in [9.17, 15) is 14.7 Å². The number of nitrogens with zero attached hydrogens (tertiary/aromatic N) is 1. The number of phenols is 1. The Morgan fingerprint density at radius 2 is 1.70 bits per heavy atom. The summed E-state index contributed by atoms with van der Waals surface area (Å²) in [6.07, 6.45) is 1.43. The monoisotopic (exact) mass is 572 g/mol. The number of hydrogen-bond acceptors (Lipinski definition) is 6. The number of amides is 2. The lowest BCUT2D eigenvalue weighted by Crippen LogP contribution is -2.54. The Morgan fingerprint density at radius 1 is 1.03 bits per heavy atom. The average molecular weight is 572 g/mol.